The first-order chi connectivity index (χ1) is 9.75. The van der Waals surface area contributed by atoms with E-state index >= 15 is 0 Å². The van der Waals surface area contributed by atoms with Gasteiger partial charge in [0.15, 0.2) is 10.7 Å². The van der Waals surface area contributed by atoms with Crippen LogP contribution in [0.25, 0.3) is 16.2 Å². The molecule has 0 aliphatic heterocycles. The van der Waals surface area contributed by atoms with Crippen LogP contribution in [0.15, 0.2) is 30.3 Å². The van der Waals surface area contributed by atoms with Gasteiger partial charge < -0.3 is 5.11 Å². The van der Waals surface area contributed by atoms with Gasteiger partial charge in [-0.25, -0.2) is 9.78 Å². The maximum atomic E-state index is 11.7. The Hall–Kier alpha value is -2.14. The van der Waals surface area contributed by atoms with Crippen molar-refractivity contribution in [3.05, 3.63) is 46.6 Å². The fourth-order valence-electron chi connectivity index (χ4n) is 2.87. The van der Waals surface area contributed by atoms with E-state index in [-0.39, 0.29) is 0 Å². The molecule has 1 N–H and O–H groups in total. The molecule has 4 nitrogen and oxygen atoms in total. The first kappa shape index (κ1) is 11.7. The van der Waals surface area contributed by atoms with E-state index in [2.05, 4.69) is 4.98 Å². The lowest BCUT2D eigenvalue weighted by molar-refractivity contribution is 0.0690. The lowest BCUT2D eigenvalue weighted by atomic mass is 10.1. The summed E-state index contributed by atoms with van der Waals surface area (Å²) in [5, 5.41) is 9.61. The number of aromatic carboxylic acids is 1. The summed E-state index contributed by atoms with van der Waals surface area (Å²) in [5.74, 6) is -0.913. The highest BCUT2D eigenvalue weighted by Gasteiger charge is 2.27. The molecule has 2 heterocycles. The second-order valence-corrected chi connectivity index (χ2v) is 5.99. The Morgan fingerprint density at radius 1 is 1.25 bits per heavy atom. The van der Waals surface area contributed by atoms with E-state index in [1.807, 2.05) is 34.7 Å². The van der Waals surface area contributed by atoms with Gasteiger partial charge in [0.2, 0.25) is 0 Å². The second kappa shape index (κ2) is 4.18. The van der Waals surface area contributed by atoms with Crippen LogP contribution >= 0.6 is 11.3 Å². The quantitative estimate of drug-likeness (QED) is 0.786. The smallest absolute Gasteiger partial charge is 0.355 e. The number of carboxylic acids is 1. The van der Waals surface area contributed by atoms with Gasteiger partial charge in [0.1, 0.15) is 5.69 Å². The Kier molecular flexibility index (Phi) is 2.44. The van der Waals surface area contributed by atoms with Gasteiger partial charge in [-0.05, 0) is 19.3 Å². The normalized spacial score (nSPS) is 13.8. The largest absolute Gasteiger partial charge is 0.476 e. The average Bonchev–Trinajstić information content (AvgIpc) is 3.08. The fourth-order valence-corrected chi connectivity index (χ4v) is 4.08. The number of hydrogen-bond acceptors (Lipinski definition) is 3. The molecule has 5 heteroatoms. The molecule has 2 aromatic heterocycles. The summed E-state index contributed by atoms with van der Waals surface area (Å²) >= 11 is 1.62. The number of benzene rings is 1. The number of carbonyl (C=O) groups is 1. The Bertz CT molecular complexity index is 817. The molecule has 0 amide bonds. The number of fused-ring (bicyclic) bond motifs is 3. The highest BCUT2D eigenvalue weighted by Crippen LogP contribution is 2.35. The minimum Gasteiger partial charge on any atom is -0.476 e. The lowest BCUT2D eigenvalue weighted by Crippen LogP contribution is -2.05. The van der Waals surface area contributed by atoms with E-state index in [9.17, 15) is 9.90 Å². The van der Waals surface area contributed by atoms with E-state index in [0.717, 1.165) is 35.5 Å². The van der Waals surface area contributed by atoms with Crippen molar-refractivity contribution >= 4 is 22.3 Å². The Labute approximate surface area is 119 Å². The van der Waals surface area contributed by atoms with Crippen molar-refractivity contribution in [2.45, 2.75) is 19.3 Å². The van der Waals surface area contributed by atoms with E-state index in [1.54, 1.807) is 11.3 Å². The molecule has 1 aliphatic carbocycles. The summed E-state index contributed by atoms with van der Waals surface area (Å²) < 4.78 is 1.84. The maximum Gasteiger partial charge on any atom is 0.355 e. The molecule has 0 radical (unpaired) electrons. The number of hydrogen-bond donors (Lipinski definition) is 1. The summed E-state index contributed by atoms with van der Waals surface area (Å²) in [4.78, 5) is 18.4. The van der Waals surface area contributed by atoms with Crippen molar-refractivity contribution in [2.24, 2.45) is 0 Å². The maximum absolute atomic E-state index is 11.7. The number of rotatable bonds is 2. The highest BCUT2D eigenvalue weighted by molar-refractivity contribution is 7.17. The van der Waals surface area contributed by atoms with Crippen molar-refractivity contribution in [2.75, 3.05) is 0 Å². The second-order valence-electron chi connectivity index (χ2n) is 4.92. The zero-order chi connectivity index (χ0) is 13.7. The number of aryl methyl sites for hydroxylation is 2. The molecule has 1 aromatic carbocycles. The van der Waals surface area contributed by atoms with Gasteiger partial charge in [-0.3, -0.25) is 4.40 Å². The third-order valence-electron chi connectivity index (χ3n) is 3.72. The minimum absolute atomic E-state index is 0.297. The SMILES string of the molecule is O=C(O)c1c(-c2ccccc2)nc2sc3c(n12)CCC3. The molecule has 4 rings (SSSR count). The third kappa shape index (κ3) is 1.53. The van der Waals surface area contributed by atoms with Crippen LogP contribution in [-0.4, -0.2) is 20.5 Å². The summed E-state index contributed by atoms with van der Waals surface area (Å²) in [6.45, 7) is 0. The molecule has 0 fully saturated rings. The molecule has 0 spiro atoms. The van der Waals surface area contributed by atoms with Crippen molar-refractivity contribution < 1.29 is 9.90 Å². The molecule has 0 bridgehead atoms. The molecule has 1 aliphatic rings. The van der Waals surface area contributed by atoms with Gasteiger partial charge in [0.05, 0.1) is 0 Å². The van der Waals surface area contributed by atoms with Crippen molar-refractivity contribution in [3.8, 4) is 11.3 Å². The van der Waals surface area contributed by atoms with Crippen LogP contribution in [0.2, 0.25) is 0 Å². The Balaban J connectivity index is 2.05. The average molecular weight is 284 g/mol. The van der Waals surface area contributed by atoms with Gasteiger partial charge in [0.25, 0.3) is 0 Å². The molecular formula is C15H12N2O2S. The topological polar surface area (TPSA) is 54.6 Å². The molecule has 0 atom stereocenters. The van der Waals surface area contributed by atoms with Gasteiger partial charge >= 0.3 is 5.97 Å². The fraction of sp³-hybridized carbons (Fsp3) is 0.200. The van der Waals surface area contributed by atoms with Crippen LogP contribution in [0.1, 0.15) is 27.5 Å². The monoisotopic (exact) mass is 284 g/mol. The number of carboxylic acid groups (broad SMARTS) is 1. The zero-order valence-electron chi connectivity index (χ0n) is 10.7. The minimum atomic E-state index is -0.913. The summed E-state index contributed by atoms with van der Waals surface area (Å²) in [6.07, 6.45) is 3.10. The first-order valence-electron chi connectivity index (χ1n) is 6.57. The molecule has 0 saturated carbocycles. The summed E-state index contributed by atoms with van der Waals surface area (Å²) in [5.41, 5.74) is 2.86. The van der Waals surface area contributed by atoms with Crippen molar-refractivity contribution in [3.63, 3.8) is 0 Å². The van der Waals surface area contributed by atoms with E-state index in [1.165, 1.54) is 4.88 Å². The van der Waals surface area contributed by atoms with Gasteiger partial charge in [-0.2, -0.15) is 0 Å². The third-order valence-corrected chi connectivity index (χ3v) is 4.86. The highest BCUT2D eigenvalue weighted by atomic mass is 32.1. The molecule has 0 saturated heterocycles. The predicted octanol–water partition coefficient (Wildman–Crippen LogP) is 3.25. The van der Waals surface area contributed by atoms with Crippen LogP contribution in [0.4, 0.5) is 0 Å². The Morgan fingerprint density at radius 3 is 2.80 bits per heavy atom. The number of aromatic nitrogens is 2. The standard InChI is InChI=1S/C15H12N2O2S/c18-14(19)13-12(9-5-2-1-3-6-9)16-15-17(13)10-7-4-8-11(10)20-15/h1-3,5-6H,4,7-8H2,(H,18,19). The van der Waals surface area contributed by atoms with Gasteiger partial charge in [-0.15, -0.1) is 11.3 Å². The number of nitrogens with zero attached hydrogens (tertiary/aromatic N) is 2. The summed E-state index contributed by atoms with van der Waals surface area (Å²) in [6, 6.07) is 9.52. The van der Waals surface area contributed by atoms with Crippen molar-refractivity contribution in [1.29, 1.82) is 0 Å². The predicted molar refractivity (Wildman–Crippen MR) is 77.5 cm³/mol. The van der Waals surface area contributed by atoms with E-state index in [0.29, 0.717) is 11.4 Å². The molecule has 100 valence electrons. The van der Waals surface area contributed by atoms with Crippen LogP contribution in [0, 0.1) is 0 Å². The van der Waals surface area contributed by atoms with Gasteiger partial charge in [0, 0.05) is 16.1 Å². The van der Waals surface area contributed by atoms with Crippen LogP contribution in [0.5, 0.6) is 0 Å². The number of imidazole rings is 1. The molecular weight excluding hydrogens is 272 g/mol. The van der Waals surface area contributed by atoms with Crippen molar-refractivity contribution in [1.82, 2.24) is 9.38 Å². The molecule has 3 aromatic rings. The van der Waals surface area contributed by atoms with E-state index in [4.69, 9.17) is 0 Å². The summed E-state index contributed by atoms with van der Waals surface area (Å²) in [7, 11) is 0. The molecule has 0 unspecified atom stereocenters. The Morgan fingerprint density at radius 2 is 2.05 bits per heavy atom. The van der Waals surface area contributed by atoms with Crippen LogP contribution < -0.4 is 0 Å². The van der Waals surface area contributed by atoms with Crippen LogP contribution in [-0.2, 0) is 12.8 Å². The number of thiazole rings is 1. The van der Waals surface area contributed by atoms with Crippen LogP contribution in [0.3, 0.4) is 0 Å². The molecule has 20 heavy (non-hydrogen) atoms. The first-order valence-corrected chi connectivity index (χ1v) is 7.39. The van der Waals surface area contributed by atoms with Gasteiger partial charge in [-0.1, -0.05) is 30.3 Å². The lowest BCUT2D eigenvalue weighted by Gasteiger charge is -2.01. The zero-order valence-corrected chi connectivity index (χ0v) is 11.5. The van der Waals surface area contributed by atoms with E-state index < -0.39 is 5.97 Å².